The van der Waals surface area contributed by atoms with Gasteiger partial charge < -0.3 is 31.9 Å². The minimum Gasteiger partial charge on any atom is -0.363 e. The molecule has 6 amide bonds. The van der Waals surface area contributed by atoms with Crippen molar-refractivity contribution >= 4 is 35.4 Å². The first-order valence-electron chi connectivity index (χ1n) is 13.8. The Kier molecular flexibility index (Phi) is 12.9. The molecule has 5 atom stereocenters. The van der Waals surface area contributed by atoms with Crippen molar-refractivity contribution in [1.29, 1.82) is 0 Å². The van der Waals surface area contributed by atoms with Crippen molar-refractivity contribution in [1.82, 2.24) is 26.2 Å². The normalized spacial score (nSPS) is 18.5. The van der Waals surface area contributed by atoms with Crippen LogP contribution >= 0.6 is 0 Å². The highest BCUT2D eigenvalue weighted by Crippen LogP contribution is 2.26. The topological polar surface area (TPSA) is 180 Å². The molecule has 0 spiro atoms. The summed E-state index contributed by atoms with van der Waals surface area (Å²) in [6.07, 6.45) is 2.88. The highest BCUT2D eigenvalue weighted by Gasteiger charge is 2.43. The monoisotopic (exact) mass is 552 g/mol. The molecule has 12 heteroatoms. The minimum absolute atomic E-state index is 0.0721. The van der Waals surface area contributed by atoms with Crippen molar-refractivity contribution in [2.24, 2.45) is 17.1 Å². The molecular weight excluding hydrogens is 504 g/mol. The molecule has 0 aromatic rings. The molecule has 39 heavy (non-hydrogen) atoms. The van der Waals surface area contributed by atoms with Gasteiger partial charge in [-0.15, -0.1) is 0 Å². The van der Waals surface area contributed by atoms with Crippen LogP contribution in [0.3, 0.4) is 0 Å². The summed E-state index contributed by atoms with van der Waals surface area (Å²) >= 11 is 0. The summed E-state index contributed by atoms with van der Waals surface area (Å²) < 4.78 is 0. The third kappa shape index (κ3) is 10.5. The zero-order valence-electron chi connectivity index (χ0n) is 24.7. The zero-order valence-corrected chi connectivity index (χ0v) is 24.7. The third-order valence-electron chi connectivity index (χ3n) is 6.69. The fraction of sp³-hybridized carbons (Fsp3) is 0.778. The second-order valence-corrected chi connectivity index (χ2v) is 11.9. The van der Waals surface area contributed by atoms with Crippen LogP contribution < -0.4 is 27.0 Å². The van der Waals surface area contributed by atoms with Gasteiger partial charge in [-0.3, -0.25) is 24.0 Å². The van der Waals surface area contributed by atoms with E-state index in [-0.39, 0.29) is 24.3 Å². The van der Waals surface area contributed by atoms with Crippen molar-refractivity contribution in [2.75, 3.05) is 6.54 Å². The van der Waals surface area contributed by atoms with Crippen LogP contribution in [-0.2, 0) is 24.0 Å². The van der Waals surface area contributed by atoms with Crippen LogP contribution in [0.2, 0.25) is 0 Å². The lowest BCUT2D eigenvalue weighted by atomic mass is 9.85. The lowest BCUT2D eigenvalue weighted by Gasteiger charge is -2.36. The average Bonchev–Trinajstić information content (AvgIpc) is 3.30. The van der Waals surface area contributed by atoms with Gasteiger partial charge >= 0.3 is 6.03 Å². The molecule has 0 aromatic carbocycles. The Labute approximate surface area is 231 Å². The maximum absolute atomic E-state index is 13.7. The van der Waals surface area contributed by atoms with E-state index in [1.165, 1.54) is 11.8 Å². The van der Waals surface area contributed by atoms with E-state index in [0.29, 0.717) is 19.4 Å². The Balaban J connectivity index is 3.04. The predicted molar refractivity (Wildman–Crippen MR) is 147 cm³/mol. The van der Waals surface area contributed by atoms with Crippen LogP contribution in [0.5, 0.6) is 0 Å². The van der Waals surface area contributed by atoms with Gasteiger partial charge in [0.15, 0.2) is 0 Å². The average molecular weight is 553 g/mol. The number of hydrogen-bond donors (Lipinski definition) is 5. The maximum atomic E-state index is 13.7. The van der Waals surface area contributed by atoms with E-state index in [1.54, 1.807) is 34.6 Å². The minimum atomic E-state index is -1.12. The van der Waals surface area contributed by atoms with Crippen molar-refractivity contribution < 1.29 is 28.8 Å². The number of nitrogens with zero attached hydrogens (tertiary/aromatic N) is 1. The van der Waals surface area contributed by atoms with Crippen molar-refractivity contribution in [3.8, 4) is 0 Å². The fourth-order valence-electron chi connectivity index (χ4n) is 4.65. The molecule has 1 heterocycles. The number of ketones is 1. The van der Waals surface area contributed by atoms with Gasteiger partial charge in [0.2, 0.25) is 23.5 Å². The summed E-state index contributed by atoms with van der Waals surface area (Å²) in [6.45, 7) is 14.7. The van der Waals surface area contributed by atoms with Crippen LogP contribution in [-0.4, -0.2) is 77.1 Å². The highest BCUT2D eigenvalue weighted by atomic mass is 16.2. The predicted octanol–water partition coefficient (Wildman–Crippen LogP) is 0.970. The van der Waals surface area contributed by atoms with Gasteiger partial charge in [-0.1, -0.05) is 47.5 Å². The van der Waals surface area contributed by atoms with E-state index in [1.807, 2.05) is 13.8 Å². The molecule has 1 fully saturated rings. The molecule has 1 saturated heterocycles. The fourth-order valence-corrected chi connectivity index (χ4v) is 4.65. The van der Waals surface area contributed by atoms with Crippen molar-refractivity contribution in [3.05, 3.63) is 0 Å². The molecule has 0 saturated carbocycles. The van der Waals surface area contributed by atoms with Crippen molar-refractivity contribution in [3.63, 3.8) is 0 Å². The standard InChI is InChI=1S/C27H48N6O6/c1-9-11-16(4)14-18(20(34)22(28)35)31-24(37)19-12-10-13-33(19)25(38)21(27(6,7)8)32-26(39)30-17(5)23(36)29-15(2)3/h15-19,21H,9-14H2,1-8H3,(H2,28,35)(H,29,36)(H,31,37)(H2,30,32,39)/t16?,17?,18?,19-,21?/m0/s1. The number of hydrogen-bond acceptors (Lipinski definition) is 6. The second-order valence-electron chi connectivity index (χ2n) is 11.9. The first-order chi connectivity index (χ1) is 18.0. The first-order valence-corrected chi connectivity index (χ1v) is 13.8. The molecule has 1 rings (SSSR count). The highest BCUT2D eigenvalue weighted by molar-refractivity contribution is 6.37. The number of carbonyl (C=O) groups is 6. The number of amides is 6. The molecule has 222 valence electrons. The number of nitrogens with one attached hydrogen (secondary N) is 4. The summed E-state index contributed by atoms with van der Waals surface area (Å²) in [5.41, 5.74) is 4.51. The lowest BCUT2D eigenvalue weighted by molar-refractivity contribution is -0.143. The van der Waals surface area contributed by atoms with Crippen molar-refractivity contribution in [2.45, 2.75) is 118 Å². The Morgan fingerprint density at radius 1 is 0.949 bits per heavy atom. The van der Waals surface area contributed by atoms with Gasteiger partial charge in [-0.25, -0.2) is 4.79 Å². The lowest BCUT2D eigenvalue weighted by Crippen LogP contribution is -2.61. The SMILES string of the molecule is CCCC(C)CC(NC(=O)[C@@H]1CCCN1C(=O)C(NC(=O)NC(C)C(=O)NC(C)C)C(C)(C)C)C(=O)C(N)=O. The van der Waals surface area contributed by atoms with Gasteiger partial charge in [-0.2, -0.15) is 0 Å². The summed E-state index contributed by atoms with van der Waals surface area (Å²) in [7, 11) is 0. The molecule has 0 bridgehead atoms. The van der Waals surface area contributed by atoms with Crippen LogP contribution in [0, 0.1) is 11.3 Å². The molecule has 4 unspecified atom stereocenters. The van der Waals surface area contributed by atoms with E-state index in [2.05, 4.69) is 21.3 Å². The number of urea groups is 1. The summed E-state index contributed by atoms with van der Waals surface area (Å²) in [5, 5.41) is 10.6. The molecule has 6 N–H and O–H groups in total. The smallest absolute Gasteiger partial charge is 0.316 e. The van der Waals surface area contributed by atoms with Gasteiger partial charge in [0.25, 0.3) is 5.91 Å². The van der Waals surface area contributed by atoms with E-state index in [4.69, 9.17) is 5.73 Å². The third-order valence-corrected chi connectivity index (χ3v) is 6.69. The molecule has 0 aromatic heterocycles. The van der Waals surface area contributed by atoms with Crippen LogP contribution in [0.25, 0.3) is 0 Å². The first kappa shape index (κ1) is 33.8. The number of carbonyl (C=O) groups excluding carboxylic acids is 6. The number of rotatable bonds is 13. The van der Waals surface area contributed by atoms with E-state index >= 15 is 0 Å². The summed E-state index contributed by atoms with van der Waals surface area (Å²) in [5.74, 6) is -3.27. The Hall–Kier alpha value is -3.18. The molecule has 1 aliphatic rings. The van der Waals surface area contributed by atoms with Gasteiger partial charge in [0, 0.05) is 12.6 Å². The second kappa shape index (κ2) is 14.8. The van der Waals surface area contributed by atoms with Crippen LogP contribution in [0.1, 0.15) is 87.5 Å². The molecular formula is C27H48N6O6. The van der Waals surface area contributed by atoms with Crippen LogP contribution in [0.15, 0.2) is 0 Å². The Bertz CT molecular complexity index is 915. The molecule has 12 nitrogen and oxygen atoms in total. The van der Waals surface area contributed by atoms with Crippen LogP contribution in [0.4, 0.5) is 4.79 Å². The molecule has 0 radical (unpaired) electrons. The Morgan fingerprint density at radius 2 is 1.56 bits per heavy atom. The Morgan fingerprint density at radius 3 is 2.08 bits per heavy atom. The summed E-state index contributed by atoms with van der Waals surface area (Å²) in [4.78, 5) is 77.4. The quantitative estimate of drug-likeness (QED) is 0.212. The summed E-state index contributed by atoms with van der Waals surface area (Å²) in [6, 6.07) is -4.56. The number of nitrogens with two attached hydrogens (primary N) is 1. The zero-order chi connectivity index (χ0) is 30.1. The molecule has 0 aliphatic carbocycles. The van der Waals surface area contributed by atoms with E-state index in [0.717, 1.165) is 12.8 Å². The number of primary amides is 1. The molecule has 1 aliphatic heterocycles. The van der Waals surface area contributed by atoms with Gasteiger partial charge in [0.05, 0.1) is 6.04 Å². The van der Waals surface area contributed by atoms with Gasteiger partial charge in [-0.05, 0) is 51.4 Å². The maximum Gasteiger partial charge on any atom is 0.316 e. The van der Waals surface area contributed by atoms with Gasteiger partial charge in [0.1, 0.15) is 18.1 Å². The van der Waals surface area contributed by atoms with E-state index < -0.39 is 59.1 Å². The largest absolute Gasteiger partial charge is 0.363 e. The van der Waals surface area contributed by atoms with E-state index in [9.17, 15) is 28.8 Å². The number of Topliss-reactive ketones (excluding diaryl/α,β-unsaturated/α-hetero) is 1. The number of likely N-dealkylation sites (tertiary alicyclic amines) is 1.